The number of benzene rings is 2. The Hall–Kier alpha value is -1.58. The van der Waals surface area contributed by atoms with Crippen LogP contribution < -0.4 is 5.32 Å². The molecule has 2 aromatic rings. The molecule has 0 saturated carbocycles. The first-order chi connectivity index (χ1) is 9.54. The number of aryl methyl sites for hydroxylation is 1. The lowest BCUT2D eigenvalue weighted by molar-refractivity contribution is -0.111. The zero-order valence-corrected chi connectivity index (χ0v) is 13.2. The van der Waals surface area contributed by atoms with Crippen LogP contribution in [0, 0.1) is 6.92 Å². The molecule has 0 fully saturated rings. The molecule has 0 aromatic heterocycles. The van der Waals surface area contributed by atoms with Crippen LogP contribution >= 0.6 is 27.5 Å². The van der Waals surface area contributed by atoms with Crippen molar-refractivity contribution in [1.29, 1.82) is 0 Å². The third-order valence-corrected chi connectivity index (χ3v) is 3.86. The monoisotopic (exact) mass is 349 g/mol. The van der Waals surface area contributed by atoms with E-state index in [1.807, 2.05) is 37.3 Å². The normalized spacial score (nSPS) is 10.8. The van der Waals surface area contributed by atoms with E-state index < -0.39 is 0 Å². The molecule has 1 N–H and O–H groups in total. The summed E-state index contributed by atoms with van der Waals surface area (Å²) in [7, 11) is 0. The molecule has 0 aliphatic heterocycles. The summed E-state index contributed by atoms with van der Waals surface area (Å²) >= 11 is 9.23. The minimum absolute atomic E-state index is 0.165. The Kier molecular flexibility index (Phi) is 4.99. The van der Waals surface area contributed by atoms with E-state index in [9.17, 15) is 4.79 Å². The van der Waals surface area contributed by atoms with Crippen molar-refractivity contribution in [2.24, 2.45) is 0 Å². The summed E-state index contributed by atoms with van der Waals surface area (Å²) < 4.78 is 1.02. The number of anilines is 1. The lowest BCUT2D eigenvalue weighted by Crippen LogP contribution is -2.07. The molecule has 0 heterocycles. The van der Waals surface area contributed by atoms with Gasteiger partial charge in [-0.1, -0.05) is 39.7 Å². The lowest BCUT2D eigenvalue weighted by atomic mass is 10.2. The van der Waals surface area contributed by atoms with Gasteiger partial charge in [0.25, 0.3) is 0 Å². The molecule has 0 spiro atoms. The standard InChI is InChI=1S/C16H13BrClNO/c1-11-10-14(7-8-15(11)17)19-16(20)9-4-12-2-5-13(18)6-3-12/h2-10H,1H3,(H,19,20). The van der Waals surface area contributed by atoms with Crippen molar-refractivity contribution in [2.75, 3.05) is 5.32 Å². The second kappa shape index (κ2) is 6.73. The van der Waals surface area contributed by atoms with E-state index in [0.29, 0.717) is 5.02 Å². The Morgan fingerprint density at radius 1 is 1.20 bits per heavy atom. The first-order valence-electron chi connectivity index (χ1n) is 6.05. The molecular formula is C16H13BrClNO. The SMILES string of the molecule is Cc1cc(NC(=O)C=Cc2ccc(Cl)cc2)ccc1Br. The number of carbonyl (C=O) groups excluding carboxylic acids is 1. The first-order valence-corrected chi connectivity index (χ1v) is 7.22. The highest BCUT2D eigenvalue weighted by molar-refractivity contribution is 9.10. The van der Waals surface area contributed by atoms with Gasteiger partial charge in [-0.15, -0.1) is 0 Å². The molecule has 2 rings (SSSR count). The summed E-state index contributed by atoms with van der Waals surface area (Å²) in [5.41, 5.74) is 2.78. The number of amides is 1. The van der Waals surface area contributed by atoms with E-state index in [-0.39, 0.29) is 5.91 Å². The summed E-state index contributed by atoms with van der Waals surface area (Å²) in [6.07, 6.45) is 3.25. The van der Waals surface area contributed by atoms with Crippen molar-refractivity contribution >= 4 is 45.2 Å². The Morgan fingerprint density at radius 3 is 2.55 bits per heavy atom. The van der Waals surface area contributed by atoms with Gasteiger partial charge in [0, 0.05) is 21.3 Å². The van der Waals surface area contributed by atoms with Crippen LogP contribution in [0.5, 0.6) is 0 Å². The Labute approximate surface area is 131 Å². The average Bonchev–Trinajstić information content (AvgIpc) is 2.42. The molecule has 0 atom stereocenters. The van der Waals surface area contributed by atoms with Gasteiger partial charge in [0.1, 0.15) is 0 Å². The molecule has 0 radical (unpaired) electrons. The van der Waals surface area contributed by atoms with Crippen molar-refractivity contribution < 1.29 is 4.79 Å². The van der Waals surface area contributed by atoms with Crippen LogP contribution in [0.25, 0.3) is 6.08 Å². The van der Waals surface area contributed by atoms with Crippen LogP contribution in [-0.2, 0) is 4.79 Å². The highest BCUT2D eigenvalue weighted by Gasteiger charge is 2.00. The molecule has 0 saturated heterocycles. The largest absolute Gasteiger partial charge is 0.323 e. The van der Waals surface area contributed by atoms with Gasteiger partial charge >= 0.3 is 0 Å². The third-order valence-electron chi connectivity index (χ3n) is 2.72. The topological polar surface area (TPSA) is 29.1 Å². The van der Waals surface area contributed by atoms with E-state index in [0.717, 1.165) is 21.3 Å². The Morgan fingerprint density at radius 2 is 1.90 bits per heavy atom. The van der Waals surface area contributed by atoms with Gasteiger partial charge < -0.3 is 5.32 Å². The van der Waals surface area contributed by atoms with Crippen LogP contribution in [0.4, 0.5) is 5.69 Å². The van der Waals surface area contributed by atoms with Crippen LogP contribution in [0.3, 0.4) is 0 Å². The number of hydrogen-bond acceptors (Lipinski definition) is 1. The Balaban J connectivity index is 2.01. The van der Waals surface area contributed by atoms with E-state index in [2.05, 4.69) is 21.2 Å². The quantitative estimate of drug-likeness (QED) is 0.770. The molecular weight excluding hydrogens is 338 g/mol. The molecule has 1 amide bonds. The van der Waals surface area contributed by atoms with E-state index in [1.165, 1.54) is 6.08 Å². The highest BCUT2D eigenvalue weighted by atomic mass is 79.9. The van der Waals surface area contributed by atoms with E-state index in [1.54, 1.807) is 18.2 Å². The Bertz CT molecular complexity index is 650. The fourth-order valence-electron chi connectivity index (χ4n) is 1.65. The first kappa shape index (κ1) is 14.8. The van der Waals surface area contributed by atoms with Crippen molar-refractivity contribution in [3.63, 3.8) is 0 Å². The van der Waals surface area contributed by atoms with Crippen molar-refractivity contribution in [2.45, 2.75) is 6.92 Å². The van der Waals surface area contributed by atoms with Gasteiger partial charge in [0.05, 0.1) is 0 Å². The zero-order chi connectivity index (χ0) is 14.5. The number of halogens is 2. The molecule has 4 heteroatoms. The predicted octanol–water partition coefficient (Wildman–Crippen LogP) is 5.06. The maximum atomic E-state index is 11.8. The fraction of sp³-hybridized carbons (Fsp3) is 0.0625. The van der Waals surface area contributed by atoms with Gasteiger partial charge in [-0.3, -0.25) is 4.79 Å². The van der Waals surface area contributed by atoms with Crippen LogP contribution in [0.2, 0.25) is 5.02 Å². The van der Waals surface area contributed by atoms with Gasteiger partial charge in [-0.25, -0.2) is 0 Å². The molecule has 0 bridgehead atoms. The predicted molar refractivity (Wildman–Crippen MR) is 88.0 cm³/mol. The lowest BCUT2D eigenvalue weighted by Gasteiger charge is -2.04. The van der Waals surface area contributed by atoms with Crippen LogP contribution in [-0.4, -0.2) is 5.91 Å². The van der Waals surface area contributed by atoms with Gasteiger partial charge in [-0.2, -0.15) is 0 Å². The van der Waals surface area contributed by atoms with E-state index in [4.69, 9.17) is 11.6 Å². The van der Waals surface area contributed by atoms with Crippen molar-refractivity contribution in [1.82, 2.24) is 0 Å². The second-order valence-corrected chi connectivity index (χ2v) is 5.63. The minimum Gasteiger partial charge on any atom is -0.323 e. The van der Waals surface area contributed by atoms with Gasteiger partial charge in [-0.05, 0) is 54.5 Å². The number of nitrogens with one attached hydrogen (secondary N) is 1. The maximum absolute atomic E-state index is 11.8. The van der Waals surface area contributed by atoms with Crippen molar-refractivity contribution in [3.8, 4) is 0 Å². The fourth-order valence-corrected chi connectivity index (χ4v) is 2.02. The average molecular weight is 351 g/mol. The minimum atomic E-state index is -0.165. The summed E-state index contributed by atoms with van der Waals surface area (Å²) in [5.74, 6) is -0.165. The molecule has 0 aliphatic carbocycles. The van der Waals surface area contributed by atoms with E-state index >= 15 is 0 Å². The zero-order valence-electron chi connectivity index (χ0n) is 10.9. The van der Waals surface area contributed by atoms with Gasteiger partial charge in [0.15, 0.2) is 0 Å². The summed E-state index contributed by atoms with van der Waals surface area (Å²) in [5, 5.41) is 3.50. The number of rotatable bonds is 3. The smallest absolute Gasteiger partial charge is 0.248 e. The number of carbonyl (C=O) groups is 1. The highest BCUT2D eigenvalue weighted by Crippen LogP contribution is 2.20. The van der Waals surface area contributed by atoms with Crippen molar-refractivity contribution in [3.05, 3.63) is 69.2 Å². The van der Waals surface area contributed by atoms with Crippen LogP contribution in [0.1, 0.15) is 11.1 Å². The molecule has 20 heavy (non-hydrogen) atoms. The molecule has 0 aliphatic rings. The summed E-state index contributed by atoms with van der Waals surface area (Å²) in [6.45, 7) is 1.98. The third kappa shape index (κ3) is 4.22. The molecule has 0 unspecified atom stereocenters. The maximum Gasteiger partial charge on any atom is 0.248 e. The summed E-state index contributed by atoms with van der Waals surface area (Å²) in [4.78, 5) is 11.8. The summed E-state index contributed by atoms with van der Waals surface area (Å²) in [6, 6.07) is 13.0. The number of hydrogen-bond donors (Lipinski definition) is 1. The molecule has 102 valence electrons. The second-order valence-electron chi connectivity index (χ2n) is 4.34. The molecule has 2 aromatic carbocycles. The molecule has 2 nitrogen and oxygen atoms in total. The van der Waals surface area contributed by atoms with Crippen LogP contribution in [0.15, 0.2) is 53.0 Å². The van der Waals surface area contributed by atoms with Gasteiger partial charge in [0.2, 0.25) is 5.91 Å².